The Bertz CT molecular complexity index is 831. The second-order valence-corrected chi connectivity index (χ2v) is 7.03. The molecule has 0 unspecified atom stereocenters. The van der Waals surface area contributed by atoms with Gasteiger partial charge in [-0.15, -0.1) is 10.2 Å². The molecule has 0 bridgehead atoms. The molecular formula is C17H22F3N7O2. The van der Waals surface area contributed by atoms with E-state index in [2.05, 4.69) is 25.0 Å². The molecule has 2 aliphatic rings. The summed E-state index contributed by atoms with van der Waals surface area (Å²) >= 11 is 0. The Labute approximate surface area is 165 Å². The van der Waals surface area contributed by atoms with Gasteiger partial charge in [0.1, 0.15) is 5.82 Å². The molecule has 0 amide bonds. The third-order valence-electron chi connectivity index (χ3n) is 4.89. The number of piperazine rings is 1. The maximum absolute atomic E-state index is 12.6. The maximum Gasteiger partial charge on any atom is 0.470 e. The Morgan fingerprint density at radius 1 is 0.966 bits per heavy atom. The maximum atomic E-state index is 12.6. The Hall–Kier alpha value is -2.47. The third kappa shape index (κ3) is 4.75. The standard InChI is InChI=1S/C17H22F3N7O2/c1-12-10-13(26-6-8-28-9-7-26)22-16(21-12)27-4-2-25(3-5-27)11-14-23-24-15(29-14)17(18,19)20/h10H,2-9,11H2,1H3. The van der Waals surface area contributed by atoms with Gasteiger partial charge in [0.2, 0.25) is 11.8 Å². The molecule has 2 aliphatic heterocycles. The number of rotatable bonds is 4. The van der Waals surface area contributed by atoms with Gasteiger partial charge in [-0.1, -0.05) is 0 Å². The van der Waals surface area contributed by atoms with Crippen LogP contribution in [0.25, 0.3) is 0 Å². The summed E-state index contributed by atoms with van der Waals surface area (Å²) < 4.78 is 47.8. The molecule has 0 radical (unpaired) electrons. The zero-order valence-corrected chi connectivity index (χ0v) is 16.0. The van der Waals surface area contributed by atoms with Gasteiger partial charge >= 0.3 is 12.1 Å². The predicted molar refractivity (Wildman–Crippen MR) is 96.6 cm³/mol. The first kappa shape index (κ1) is 19.8. The van der Waals surface area contributed by atoms with E-state index in [0.29, 0.717) is 45.3 Å². The lowest BCUT2D eigenvalue weighted by Crippen LogP contribution is -2.46. The van der Waals surface area contributed by atoms with Gasteiger partial charge in [0.15, 0.2) is 0 Å². The molecule has 0 spiro atoms. The van der Waals surface area contributed by atoms with E-state index in [-0.39, 0.29) is 12.4 Å². The highest BCUT2D eigenvalue weighted by molar-refractivity contribution is 5.46. The van der Waals surface area contributed by atoms with E-state index in [9.17, 15) is 13.2 Å². The lowest BCUT2D eigenvalue weighted by Gasteiger charge is -2.35. The molecule has 9 nitrogen and oxygen atoms in total. The fraction of sp³-hybridized carbons (Fsp3) is 0.647. The van der Waals surface area contributed by atoms with Crippen LogP contribution < -0.4 is 9.80 Å². The normalized spacial score (nSPS) is 19.0. The molecule has 158 valence electrons. The van der Waals surface area contributed by atoms with Crippen molar-refractivity contribution in [1.82, 2.24) is 25.1 Å². The average Bonchev–Trinajstić information content (AvgIpc) is 3.18. The number of hydrogen-bond acceptors (Lipinski definition) is 9. The zero-order valence-electron chi connectivity index (χ0n) is 16.0. The molecule has 29 heavy (non-hydrogen) atoms. The van der Waals surface area contributed by atoms with Crippen LogP contribution in [0.1, 0.15) is 17.5 Å². The lowest BCUT2D eigenvalue weighted by atomic mass is 10.3. The summed E-state index contributed by atoms with van der Waals surface area (Å²) in [6.07, 6.45) is -4.62. The van der Waals surface area contributed by atoms with E-state index in [1.807, 2.05) is 17.9 Å². The van der Waals surface area contributed by atoms with Crippen molar-refractivity contribution >= 4 is 11.8 Å². The zero-order chi connectivity index (χ0) is 20.4. The summed E-state index contributed by atoms with van der Waals surface area (Å²) in [6, 6.07) is 1.97. The molecule has 0 aromatic carbocycles. The number of hydrogen-bond donors (Lipinski definition) is 0. The minimum atomic E-state index is -4.62. The van der Waals surface area contributed by atoms with Crippen molar-refractivity contribution in [2.24, 2.45) is 0 Å². The van der Waals surface area contributed by atoms with Gasteiger partial charge in [0, 0.05) is 51.0 Å². The van der Waals surface area contributed by atoms with Crippen molar-refractivity contribution < 1.29 is 22.3 Å². The van der Waals surface area contributed by atoms with Crippen molar-refractivity contribution in [3.8, 4) is 0 Å². The highest BCUT2D eigenvalue weighted by Gasteiger charge is 2.38. The van der Waals surface area contributed by atoms with Crippen LogP contribution in [0, 0.1) is 6.92 Å². The van der Waals surface area contributed by atoms with Gasteiger partial charge in [-0.3, -0.25) is 4.90 Å². The van der Waals surface area contributed by atoms with Crippen molar-refractivity contribution in [3.63, 3.8) is 0 Å². The molecule has 12 heteroatoms. The number of anilines is 2. The molecule has 4 heterocycles. The molecule has 0 aliphatic carbocycles. The molecule has 2 aromatic rings. The molecule has 0 atom stereocenters. The Morgan fingerprint density at radius 2 is 1.69 bits per heavy atom. The van der Waals surface area contributed by atoms with Crippen molar-refractivity contribution in [2.75, 3.05) is 62.3 Å². The number of aryl methyl sites for hydroxylation is 1. The fourth-order valence-electron chi connectivity index (χ4n) is 3.36. The minimum absolute atomic E-state index is 0.0350. The number of ether oxygens (including phenoxy) is 1. The quantitative estimate of drug-likeness (QED) is 0.737. The van der Waals surface area contributed by atoms with Gasteiger partial charge in [0.05, 0.1) is 19.8 Å². The van der Waals surface area contributed by atoms with Crippen LogP contribution >= 0.6 is 0 Å². The summed E-state index contributed by atoms with van der Waals surface area (Å²) in [5, 5.41) is 6.56. The largest absolute Gasteiger partial charge is 0.470 e. The third-order valence-corrected chi connectivity index (χ3v) is 4.89. The van der Waals surface area contributed by atoms with E-state index >= 15 is 0 Å². The Kier molecular flexibility index (Phi) is 5.54. The molecule has 2 aromatic heterocycles. The monoisotopic (exact) mass is 413 g/mol. The van der Waals surface area contributed by atoms with Gasteiger partial charge in [0.25, 0.3) is 0 Å². The number of halogens is 3. The van der Waals surface area contributed by atoms with E-state index in [1.54, 1.807) is 0 Å². The van der Waals surface area contributed by atoms with E-state index < -0.39 is 12.1 Å². The summed E-state index contributed by atoms with van der Waals surface area (Å²) in [7, 11) is 0. The molecule has 4 rings (SSSR count). The Balaban J connectivity index is 1.37. The fourth-order valence-corrected chi connectivity index (χ4v) is 3.36. The summed E-state index contributed by atoms with van der Waals surface area (Å²) in [6.45, 7) is 7.68. The van der Waals surface area contributed by atoms with Gasteiger partial charge in [-0.05, 0) is 6.92 Å². The predicted octanol–water partition coefficient (Wildman–Crippen LogP) is 1.35. The van der Waals surface area contributed by atoms with E-state index in [0.717, 1.165) is 24.6 Å². The highest BCUT2D eigenvalue weighted by Crippen LogP contribution is 2.28. The summed E-state index contributed by atoms with van der Waals surface area (Å²) in [4.78, 5) is 15.5. The summed E-state index contributed by atoms with van der Waals surface area (Å²) in [5.41, 5.74) is 0.893. The van der Waals surface area contributed by atoms with Crippen LogP contribution in [-0.2, 0) is 17.5 Å². The van der Waals surface area contributed by atoms with Crippen LogP contribution in [0.3, 0.4) is 0 Å². The van der Waals surface area contributed by atoms with Crippen LogP contribution in [0.4, 0.5) is 24.9 Å². The molecule has 0 N–H and O–H groups in total. The van der Waals surface area contributed by atoms with E-state index in [1.165, 1.54) is 0 Å². The van der Waals surface area contributed by atoms with Crippen LogP contribution in [0.5, 0.6) is 0 Å². The first-order valence-corrected chi connectivity index (χ1v) is 9.44. The van der Waals surface area contributed by atoms with Crippen LogP contribution in [0.2, 0.25) is 0 Å². The van der Waals surface area contributed by atoms with Gasteiger partial charge in [-0.25, -0.2) is 4.98 Å². The smallest absolute Gasteiger partial charge is 0.416 e. The van der Waals surface area contributed by atoms with Gasteiger partial charge in [-0.2, -0.15) is 18.2 Å². The summed E-state index contributed by atoms with van der Waals surface area (Å²) in [5.74, 6) is 0.217. The number of alkyl halides is 3. The van der Waals surface area contributed by atoms with Crippen LogP contribution in [-0.4, -0.2) is 77.5 Å². The number of nitrogens with zero attached hydrogens (tertiary/aromatic N) is 7. The van der Waals surface area contributed by atoms with Crippen LogP contribution in [0.15, 0.2) is 10.5 Å². The first-order valence-electron chi connectivity index (χ1n) is 9.44. The van der Waals surface area contributed by atoms with Gasteiger partial charge < -0.3 is 19.0 Å². The lowest BCUT2D eigenvalue weighted by molar-refractivity contribution is -0.157. The van der Waals surface area contributed by atoms with Crippen molar-refractivity contribution in [2.45, 2.75) is 19.6 Å². The second-order valence-electron chi connectivity index (χ2n) is 7.03. The van der Waals surface area contributed by atoms with Crippen molar-refractivity contribution in [3.05, 3.63) is 23.5 Å². The second kappa shape index (κ2) is 8.11. The number of aromatic nitrogens is 4. The SMILES string of the molecule is Cc1cc(N2CCOCC2)nc(N2CCN(Cc3nnc(C(F)(F)F)o3)CC2)n1. The number of morpholine rings is 1. The molecule has 0 saturated carbocycles. The van der Waals surface area contributed by atoms with Crippen molar-refractivity contribution in [1.29, 1.82) is 0 Å². The topological polar surface area (TPSA) is 83.7 Å². The molecule has 2 saturated heterocycles. The molecule has 2 fully saturated rings. The Morgan fingerprint density at radius 3 is 2.34 bits per heavy atom. The highest BCUT2D eigenvalue weighted by atomic mass is 19.4. The minimum Gasteiger partial charge on any atom is -0.416 e. The van der Waals surface area contributed by atoms with E-state index in [4.69, 9.17) is 14.1 Å². The average molecular weight is 413 g/mol. The first-order chi connectivity index (χ1) is 13.9. The molecular weight excluding hydrogens is 391 g/mol.